The molecule has 1 heterocycles. The molecule has 19 heavy (non-hydrogen) atoms. The van der Waals surface area contributed by atoms with E-state index in [2.05, 4.69) is 15.4 Å². The first-order chi connectivity index (χ1) is 8.91. The van der Waals surface area contributed by atoms with Gasteiger partial charge in [-0.1, -0.05) is 41.4 Å². The van der Waals surface area contributed by atoms with Gasteiger partial charge in [-0.3, -0.25) is 4.55 Å². The SMILES string of the molecule is O=S(=O)(O)N(c1ccccc1)c1nnnc(Cl)c1Cl. The van der Waals surface area contributed by atoms with E-state index in [-0.39, 0.29) is 21.7 Å². The molecule has 0 fully saturated rings. The Labute approximate surface area is 118 Å². The third-order valence-corrected chi connectivity index (χ3v) is 3.62. The minimum atomic E-state index is -4.65. The average molecular weight is 321 g/mol. The summed E-state index contributed by atoms with van der Waals surface area (Å²) in [6, 6.07) is 7.73. The first-order valence-corrected chi connectivity index (χ1v) is 6.93. The third-order valence-electron chi connectivity index (χ3n) is 2.06. The number of halogens is 2. The van der Waals surface area contributed by atoms with Gasteiger partial charge in [-0.05, 0) is 17.3 Å². The molecule has 2 rings (SSSR count). The van der Waals surface area contributed by atoms with E-state index in [1.165, 1.54) is 12.1 Å². The number of nitrogens with zero attached hydrogens (tertiary/aromatic N) is 4. The predicted octanol–water partition coefficient (Wildman–Crippen LogP) is 2.12. The van der Waals surface area contributed by atoms with E-state index in [1.807, 2.05) is 0 Å². The molecule has 0 aliphatic rings. The molecule has 0 spiro atoms. The number of hydrogen-bond acceptors (Lipinski definition) is 5. The van der Waals surface area contributed by atoms with Gasteiger partial charge >= 0.3 is 10.3 Å². The van der Waals surface area contributed by atoms with E-state index in [4.69, 9.17) is 23.2 Å². The second kappa shape index (κ2) is 5.25. The van der Waals surface area contributed by atoms with Crippen molar-refractivity contribution in [2.24, 2.45) is 0 Å². The second-order valence-corrected chi connectivity index (χ2v) is 5.29. The molecule has 100 valence electrons. The summed E-state index contributed by atoms with van der Waals surface area (Å²) in [5.74, 6) is -0.338. The molecule has 0 unspecified atom stereocenters. The Morgan fingerprint density at radius 3 is 2.32 bits per heavy atom. The molecule has 0 bridgehead atoms. The summed E-state index contributed by atoms with van der Waals surface area (Å²) in [5.41, 5.74) is 0.128. The van der Waals surface area contributed by atoms with Gasteiger partial charge in [0.2, 0.25) is 0 Å². The molecule has 1 N–H and O–H groups in total. The van der Waals surface area contributed by atoms with Crippen LogP contribution in [0, 0.1) is 0 Å². The first kappa shape index (κ1) is 13.9. The van der Waals surface area contributed by atoms with Crippen LogP contribution in [0.25, 0.3) is 0 Å². The van der Waals surface area contributed by atoms with E-state index in [9.17, 15) is 13.0 Å². The van der Waals surface area contributed by atoms with Gasteiger partial charge in [-0.25, -0.2) is 0 Å². The zero-order valence-corrected chi connectivity index (χ0v) is 11.4. The van der Waals surface area contributed by atoms with Crippen molar-refractivity contribution < 1.29 is 13.0 Å². The van der Waals surface area contributed by atoms with Crippen molar-refractivity contribution in [1.82, 2.24) is 15.4 Å². The van der Waals surface area contributed by atoms with Crippen LogP contribution in [0.5, 0.6) is 0 Å². The smallest absolute Gasteiger partial charge is 0.269 e. The van der Waals surface area contributed by atoms with Crippen molar-refractivity contribution in [3.63, 3.8) is 0 Å². The zero-order valence-electron chi connectivity index (χ0n) is 9.10. The molecule has 7 nitrogen and oxygen atoms in total. The number of para-hydroxylation sites is 1. The quantitative estimate of drug-likeness (QED) is 0.870. The molecule has 0 saturated heterocycles. The predicted molar refractivity (Wildman–Crippen MR) is 70.0 cm³/mol. The average Bonchev–Trinajstić information content (AvgIpc) is 2.35. The molecule has 0 aliphatic heterocycles. The lowest BCUT2D eigenvalue weighted by Gasteiger charge is -2.19. The molecular formula is C9H6Cl2N4O3S. The van der Waals surface area contributed by atoms with Crippen molar-refractivity contribution >= 4 is 45.0 Å². The summed E-state index contributed by atoms with van der Waals surface area (Å²) in [4.78, 5) is 0. The first-order valence-electron chi connectivity index (χ1n) is 4.78. The summed E-state index contributed by atoms with van der Waals surface area (Å²) in [5, 5.41) is 9.67. The lowest BCUT2D eigenvalue weighted by atomic mass is 10.3. The minimum Gasteiger partial charge on any atom is -0.269 e. The van der Waals surface area contributed by atoms with Crippen LogP contribution >= 0.6 is 23.2 Å². The minimum absolute atomic E-state index is 0.128. The summed E-state index contributed by atoms with van der Waals surface area (Å²) < 4.78 is 32.8. The molecule has 1 aromatic heterocycles. The fraction of sp³-hybridized carbons (Fsp3) is 0. The van der Waals surface area contributed by atoms with Gasteiger partial charge in [0.05, 0.1) is 5.69 Å². The highest BCUT2D eigenvalue weighted by atomic mass is 35.5. The number of aromatic nitrogens is 3. The van der Waals surface area contributed by atoms with Gasteiger partial charge in [0.15, 0.2) is 11.0 Å². The molecule has 0 aliphatic carbocycles. The van der Waals surface area contributed by atoms with E-state index in [0.29, 0.717) is 4.31 Å². The Kier molecular flexibility index (Phi) is 3.85. The van der Waals surface area contributed by atoms with Gasteiger partial charge in [-0.2, -0.15) is 12.7 Å². The van der Waals surface area contributed by atoms with Crippen molar-refractivity contribution in [2.45, 2.75) is 0 Å². The zero-order chi connectivity index (χ0) is 14.0. The topological polar surface area (TPSA) is 96.3 Å². The van der Waals surface area contributed by atoms with Gasteiger partial charge in [0, 0.05) is 0 Å². The fourth-order valence-corrected chi connectivity index (χ4v) is 2.40. The van der Waals surface area contributed by atoms with Crippen LogP contribution in [0.1, 0.15) is 0 Å². The van der Waals surface area contributed by atoms with Crippen LogP contribution in [0.4, 0.5) is 11.5 Å². The fourth-order valence-electron chi connectivity index (χ4n) is 1.34. The number of benzene rings is 1. The second-order valence-electron chi connectivity index (χ2n) is 3.30. The van der Waals surface area contributed by atoms with Crippen LogP contribution < -0.4 is 4.31 Å². The molecular weight excluding hydrogens is 315 g/mol. The largest absolute Gasteiger partial charge is 0.365 e. The highest BCUT2D eigenvalue weighted by molar-refractivity contribution is 7.87. The monoisotopic (exact) mass is 320 g/mol. The lowest BCUT2D eigenvalue weighted by Crippen LogP contribution is -2.26. The Hall–Kier alpha value is -1.48. The number of anilines is 2. The third kappa shape index (κ3) is 2.92. The van der Waals surface area contributed by atoms with E-state index in [0.717, 1.165) is 0 Å². The maximum atomic E-state index is 11.5. The standard InChI is InChI=1S/C9H6Cl2N4O3S/c10-7-8(11)12-14-13-9(7)15(19(16,17)18)6-4-2-1-3-5-6/h1-5H,(H,16,17,18). The van der Waals surface area contributed by atoms with Crippen molar-refractivity contribution in [1.29, 1.82) is 0 Å². The molecule has 10 heteroatoms. The van der Waals surface area contributed by atoms with E-state index >= 15 is 0 Å². The van der Waals surface area contributed by atoms with Crippen LogP contribution in [0.3, 0.4) is 0 Å². The summed E-state index contributed by atoms with van der Waals surface area (Å²) in [6.07, 6.45) is 0. The lowest BCUT2D eigenvalue weighted by molar-refractivity contribution is 0.483. The Balaban J connectivity index is 2.67. The van der Waals surface area contributed by atoms with Crippen LogP contribution in [0.2, 0.25) is 10.2 Å². The van der Waals surface area contributed by atoms with Gasteiger partial charge in [0.25, 0.3) is 0 Å². The molecule has 1 aromatic carbocycles. The van der Waals surface area contributed by atoms with E-state index in [1.54, 1.807) is 18.2 Å². The maximum absolute atomic E-state index is 11.5. The molecule has 0 amide bonds. The highest BCUT2D eigenvalue weighted by Crippen LogP contribution is 2.34. The van der Waals surface area contributed by atoms with Gasteiger partial charge in [0.1, 0.15) is 5.02 Å². The van der Waals surface area contributed by atoms with Crippen LogP contribution in [-0.2, 0) is 10.3 Å². The van der Waals surface area contributed by atoms with Crippen LogP contribution in [0.15, 0.2) is 30.3 Å². The normalized spacial score (nSPS) is 11.3. The Morgan fingerprint density at radius 2 is 1.74 bits per heavy atom. The van der Waals surface area contributed by atoms with Crippen molar-refractivity contribution in [3.05, 3.63) is 40.5 Å². The number of hydrogen-bond donors (Lipinski definition) is 1. The summed E-state index contributed by atoms with van der Waals surface area (Å²) >= 11 is 11.5. The van der Waals surface area contributed by atoms with Crippen LogP contribution in [-0.4, -0.2) is 28.4 Å². The summed E-state index contributed by atoms with van der Waals surface area (Å²) in [7, 11) is -4.65. The summed E-state index contributed by atoms with van der Waals surface area (Å²) in [6.45, 7) is 0. The Bertz CT molecular complexity index is 696. The molecule has 0 atom stereocenters. The molecule has 0 saturated carbocycles. The van der Waals surface area contributed by atoms with Gasteiger partial charge < -0.3 is 0 Å². The molecule has 0 radical (unpaired) electrons. The van der Waals surface area contributed by atoms with E-state index < -0.39 is 10.3 Å². The Morgan fingerprint density at radius 1 is 1.11 bits per heavy atom. The van der Waals surface area contributed by atoms with Crippen molar-refractivity contribution in [2.75, 3.05) is 4.31 Å². The highest BCUT2D eigenvalue weighted by Gasteiger charge is 2.27. The number of rotatable bonds is 3. The maximum Gasteiger partial charge on any atom is 0.365 e. The molecule has 2 aromatic rings. The van der Waals surface area contributed by atoms with Gasteiger partial charge in [-0.15, -0.1) is 10.2 Å². The van der Waals surface area contributed by atoms with Crippen molar-refractivity contribution in [3.8, 4) is 0 Å².